The van der Waals surface area contributed by atoms with E-state index in [1.165, 1.54) is 35.4 Å². The Bertz CT molecular complexity index is 1350. The Morgan fingerprint density at radius 2 is 1.55 bits per heavy atom. The summed E-state index contributed by atoms with van der Waals surface area (Å²) in [5.74, 6) is -1.79. The molecule has 4 aromatic rings. The van der Waals surface area contributed by atoms with Crippen molar-refractivity contribution in [1.29, 1.82) is 0 Å². The molecule has 1 unspecified atom stereocenters. The van der Waals surface area contributed by atoms with Crippen LogP contribution in [0.1, 0.15) is 39.2 Å². The highest BCUT2D eigenvalue weighted by molar-refractivity contribution is 6.21. The molecule has 5 rings (SSSR count). The molecule has 5 nitrogen and oxygen atoms in total. The first-order chi connectivity index (χ1) is 14.9. The van der Waals surface area contributed by atoms with Gasteiger partial charge in [-0.3, -0.25) is 19.5 Å². The molecule has 0 saturated carbocycles. The summed E-state index contributed by atoms with van der Waals surface area (Å²) in [5.41, 5.74) is 2.04. The molecule has 1 aliphatic rings. The Kier molecular flexibility index (Phi) is 4.32. The van der Waals surface area contributed by atoms with Gasteiger partial charge >= 0.3 is 0 Å². The molecule has 2 amide bonds. The lowest BCUT2D eigenvalue weighted by Gasteiger charge is -2.25. The lowest BCUT2D eigenvalue weighted by Crippen LogP contribution is -2.33. The van der Waals surface area contributed by atoms with Crippen LogP contribution in [0.5, 0.6) is 0 Å². The molecular weight excluding hydrogens is 400 g/mol. The molecular formula is C24H15F2N3O2. The number of hydrogen-bond acceptors (Lipinski definition) is 4. The van der Waals surface area contributed by atoms with Gasteiger partial charge in [0.15, 0.2) is 0 Å². The van der Waals surface area contributed by atoms with Crippen molar-refractivity contribution >= 4 is 22.7 Å². The van der Waals surface area contributed by atoms with Crippen molar-refractivity contribution in [2.24, 2.45) is 0 Å². The van der Waals surface area contributed by atoms with Crippen LogP contribution in [0.25, 0.3) is 22.3 Å². The number of rotatable bonds is 3. The number of benzene rings is 2. The highest BCUT2D eigenvalue weighted by Gasteiger charge is 2.39. The third kappa shape index (κ3) is 3.06. The molecule has 0 spiro atoms. The van der Waals surface area contributed by atoms with E-state index in [1.807, 2.05) is 0 Å². The van der Waals surface area contributed by atoms with E-state index < -0.39 is 29.5 Å². The number of carbonyl (C=O) groups is 2. The minimum Gasteiger partial charge on any atom is -0.269 e. The van der Waals surface area contributed by atoms with Crippen molar-refractivity contribution in [2.75, 3.05) is 0 Å². The second-order valence-corrected chi connectivity index (χ2v) is 7.32. The van der Waals surface area contributed by atoms with Crippen molar-refractivity contribution in [3.05, 3.63) is 95.2 Å². The van der Waals surface area contributed by atoms with Crippen molar-refractivity contribution in [2.45, 2.75) is 13.0 Å². The fourth-order valence-electron chi connectivity index (χ4n) is 3.91. The molecule has 3 heterocycles. The van der Waals surface area contributed by atoms with Crippen LogP contribution < -0.4 is 0 Å². The summed E-state index contributed by atoms with van der Waals surface area (Å²) in [5, 5.41) is 0.625. The molecule has 1 aliphatic heterocycles. The lowest BCUT2D eigenvalue weighted by atomic mass is 9.99. The number of amides is 2. The maximum Gasteiger partial charge on any atom is 0.262 e. The van der Waals surface area contributed by atoms with E-state index >= 15 is 0 Å². The van der Waals surface area contributed by atoms with Gasteiger partial charge in [0.05, 0.1) is 34.1 Å². The number of pyridine rings is 2. The molecule has 0 aliphatic carbocycles. The molecule has 0 saturated heterocycles. The van der Waals surface area contributed by atoms with Gasteiger partial charge in [-0.1, -0.05) is 12.1 Å². The first-order valence-electron chi connectivity index (χ1n) is 9.63. The molecule has 31 heavy (non-hydrogen) atoms. The first kappa shape index (κ1) is 19.0. The van der Waals surface area contributed by atoms with Gasteiger partial charge in [-0.25, -0.2) is 13.8 Å². The topological polar surface area (TPSA) is 63.2 Å². The van der Waals surface area contributed by atoms with Gasteiger partial charge in [-0.15, -0.1) is 0 Å². The third-order valence-electron chi connectivity index (χ3n) is 5.44. The zero-order chi connectivity index (χ0) is 21.7. The Hall–Kier alpha value is -4.00. The smallest absolute Gasteiger partial charge is 0.262 e. The summed E-state index contributed by atoms with van der Waals surface area (Å²) in [6.45, 7) is 1.71. The van der Waals surface area contributed by atoms with Crippen LogP contribution in [0, 0.1) is 11.6 Å². The number of fused-ring (bicyclic) bond motifs is 2. The van der Waals surface area contributed by atoms with Crippen molar-refractivity contribution in [1.82, 2.24) is 14.9 Å². The molecule has 152 valence electrons. The zero-order valence-electron chi connectivity index (χ0n) is 16.3. The average molecular weight is 415 g/mol. The van der Waals surface area contributed by atoms with Crippen LogP contribution >= 0.6 is 0 Å². The average Bonchev–Trinajstić information content (AvgIpc) is 3.02. The molecule has 7 heteroatoms. The largest absolute Gasteiger partial charge is 0.269 e. The van der Waals surface area contributed by atoms with Gasteiger partial charge < -0.3 is 0 Å². The highest BCUT2D eigenvalue weighted by Crippen LogP contribution is 2.36. The van der Waals surface area contributed by atoms with Gasteiger partial charge in [0, 0.05) is 29.3 Å². The fourth-order valence-corrected chi connectivity index (χ4v) is 3.91. The summed E-state index contributed by atoms with van der Waals surface area (Å²) in [6, 6.07) is 14.2. The minimum atomic E-state index is -0.713. The fraction of sp³-hybridized carbons (Fsp3) is 0.0833. The predicted molar refractivity (Wildman–Crippen MR) is 110 cm³/mol. The second-order valence-electron chi connectivity index (χ2n) is 7.32. The molecule has 0 radical (unpaired) electrons. The summed E-state index contributed by atoms with van der Waals surface area (Å²) in [6.07, 6.45) is 1.30. The zero-order valence-corrected chi connectivity index (χ0v) is 16.3. The number of imide groups is 1. The van der Waals surface area contributed by atoms with Gasteiger partial charge in [0.2, 0.25) is 0 Å². The second kappa shape index (κ2) is 7.05. The van der Waals surface area contributed by atoms with Crippen LogP contribution in [0.2, 0.25) is 0 Å². The van der Waals surface area contributed by atoms with Gasteiger partial charge in [0.25, 0.3) is 11.8 Å². The van der Waals surface area contributed by atoms with Crippen LogP contribution in [0.15, 0.2) is 66.9 Å². The summed E-state index contributed by atoms with van der Waals surface area (Å²) >= 11 is 0. The first-order valence-corrected chi connectivity index (χ1v) is 9.63. The highest BCUT2D eigenvalue weighted by atomic mass is 19.1. The lowest BCUT2D eigenvalue weighted by molar-refractivity contribution is 0.0595. The van der Waals surface area contributed by atoms with Gasteiger partial charge in [-0.05, 0) is 43.3 Å². The van der Waals surface area contributed by atoms with Crippen LogP contribution in [-0.2, 0) is 0 Å². The summed E-state index contributed by atoms with van der Waals surface area (Å²) < 4.78 is 27.7. The van der Waals surface area contributed by atoms with Crippen molar-refractivity contribution in [3.63, 3.8) is 0 Å². The number of hydrogen-bond donors (Lipinski definition) is 0. The van der Waals surface area contributed by atoms with E-state index in [-0.39, 0.29) is 11.4 Å². The number of aromatic nitrogens is 2. The Morgan fingerprint density at radius 3 is 2.23 bits per heavy atom. The van der Waals surface area contributed by atoms with E-state index in [1.54, 1.807) is 43.3 Å². The standard InChI is InChI=1S/C24H15F2N3O2/c1-13(29-23(30)17-4-2-3-5-18(17)24(29)31)19-10-14-6-7-15(25)11-20(14)28-22(19)21-12-16(26)8-9-27-21/h2-13H,1H3. The number of nitrogens with zero attached hydrogens (tertiary/aromatic N) is 3. The normalized spacial score (nSPS) is 14.2. The number of halogens is 2. The molecule has 2 aromatic carbocycles. The van der Waals surface area contributed by atoms with E-state index in [4.69, 9.17) is 0 Å². The van der Waals surface area contributed by atoms with E-state index in [2.05, 4.69) is 9.97 Å². The predicted octanol–water partition coefficient (Wildman–Crippen LogP) is 4.93. The van der Waals surface area contributed by atoms with Gasteiger partial charge in [-0.2, -0.15) is 0 Å². The molecule has 0 bridgehead atoms. The monoisotopic (exact) mass is 415 g/mol. The van der Waals surface area contributed by atoms with Crippen LogP contribution in [-0.4, -0.2) is 26.7 Å². The third-order valence-corrected chi connectivity index (χ3v) is 5.44. The Balaban J connectivity index is 1.70. The van der Waals surface area contributed by atoms with Crippen molar-refractivity contribution < 1.29 is 18.4 Å². The van der Waals surface area contributed by atoms with Crippen LogP contribution in [0.4, 0.5) is 8.78 Å². The molecule has 0 fully saturated rings. The van der Waals surface area contributed by atoms with E-state index in [0.717, 1.165) is 0 Å². The quantitative estimate of drug-likeness (QED) is 0.445. The SMILES string of the molecule is CC(c1cc2ccc(F)cc2nc1-c1cc(F)ccn1)N1C(=O)c2ccccc2C1=O. The van der Waals surface area contributed by atoms with Gasteiger partial charge in [0.1, 0.15) is 11.6 Å². The van der Waals surface area contributed by atoms with E-state index in [0.29, 0.717) is 27.6 Å². The Morgan fingerprint density at radius 1 is 0.871 bits per heavy atom. The number of carbonyl (C=O) groups excluding carboxylic acids is 2. The molecule has 1 atom stereocenters. The van der Waals surface area contributed by atoms with Crippen molar-refractivity contribution in [3.8, 4) is 11.4 Å². The van der Waals surface area contributed by atoms with Crippen LogP contribution in [0.3, 0.4) is 0 Å². The van der Waals surface area contributed by atoms with E-state index in [9.17, 15) is 18.4 Å². The summed E-state index contributed by atoms with van der Waals surface area (Å²) in [4.78, 5) is 35.9. The Labute approximate surface area is 176 Å². The maximum absolute atomic E-state index is 13.9. The summed E-state index contributed by atoms with van der Waals surface area (Å²) in [7, 11) is 0. The molecule has 0 N–H and O–H groups in total. The minimum absolute atomic E-state index is 0.227. The molecule has 2 aromatic heterocycles. The maximum atomic E-state index is 13.9.